The lowest BCUT2D eigenvalue weighted by Gasteiger charge is -2.72. The van der Waals surface area contributed by atoms with Crippen molar-refractivity contribution in [2.75, 3.05) is 26.4 Å². The molecule has 4 heterocycles. The molecule has 4 saturated carbocycles. The van der Waals surface area contributed by atoms with Gasteiger partial charge in [-0.1, -0.05) is 60.1 Å². The second-order valence-corrected chi connectivity index (χ2v) is 27.3. The molecular formula is C58H90O26. The summed E-state index contributed by atoms with van der Waals surface area (Å²) >= 11 is 0. The molecule has 8 fully saturated rings. The van der Waals surface area contributed by atoms with Crippen molar-refractivity contribution in [1.29, 1.82) is 0 Å². The second kappa shape index (κ2) is 24.0. The first-order valence-corrected chi connectivity index (χ1v) is 29.5. The molecule has 4 aliphatic heterocycles. The number of carbonyl (C=O) groups excluding carboxylic acids is 3. The van der Waals surface area contributed by atoms with Crippen LogP contribution in [0, 0.1) is 50.2 Å². The van der Waals surface area contributed by atoms with Gasteiger partial charge in [0, 0.05) is 31.6 Å². The van der Waals surface area contributed by atoms with Gasteiger partial charge in [0.15, 0.2) is 49.6 Å². The minimum absolute atomic E-state index is 0.0732. The first-order chi connectivity index (χ1) is 39.2. The van der Waals surface area contributed by atoms with Crippen molar-refractivity contribution in [2.45, 2.75) is 250 Å². The fourth-order valence-corrected chi connectivity index (χ4v) is 17.1. The Balaban J connectivity index is 0.950. The number of aliphatic hydroxyl groups is 10. The number of fused-ring (bicyclic) bond motifs is 7. The molecule has 26 nitrogen and oxygen atoms in total. The van der Waals surface area contributed by atoms with E-state index in [2.05, 4.69) is 33.8 Å². The summed E-state index contributed by atoms with van der Waals surface area (Å²) in [6, 6.07) is 0. The predicted molar refractivity (Wildman–Crippen MR) is 283 cm³/mol. The van der Waals surface area contributed by atoms with Crippen molar-refractivity contribution in [3.63, 3.8) is 0 Å². The molecule has 0 spiro atoms. The number of carboxylic acids is 1. The molecule has 0 aromatic carbocycles. The molecule has 0 bridgehead atoms. The molecule has 29 atom stereocenters. The number of ether oxygens (including phenoxy) is 11. The van der Waals surface area contributed by atoms with E-state index in [1.165, 1.54) is 5.57 Å². The maximum absolute atomic E-state index is 12.4. The van der Waals surface area contributed by atoms with E-state index < -0.39 is 181 Å². The second-order valence-electron chi connectivity index (χ2n) is 27.3. The molecule has 478 valence electrons. The number of hydrogen-bond donors (Lipinski definition) is 11. The summed E-state index contributed by atoms with van der Waals surface area (Å²) in [5, 5.41) is 122. The van der Waals surface area contributed by atoms with Crippen LogP contribution in [0.4, 0.5) is 0 Å². The third-order valence-corrected chi connectivity index (χ3v) is 21.9. The van der Waals surface area contributed by atoms with Crippen LogP contribution in [0.5, 0.6) is 0 Å². The van der Waals surface area contributed by atoms with Crippen LogP contribution in [0.25, 0.3) is 0 Å². The monoisotopic (exact) mass is 1200 g/mol. The van der Waals surface area contributed by atoms with Crippen molar-refractivity contribution in [3.05, 3.63) is 11.6 Å². The Kier molecular flexibility index (Phi) is 18.7. The van der Waals surface area contributed by atoms with Crippen LogP contribution in [-0.2, 0) is 71.3 Å². The lowest BCUT2D eigenvalue weighted by Crippen LogP contribution is -2.69. The number of aliphatic carboxylic acids is 1. The largest absolute Gasteiger partial charge is 0.479 e. The van der Waals surface area contributed by atoms with Gasteiger partial charge in [-0.25, -0.2) is 4.79 Å². The lowest BCUT2D eigenvalue weighted by atomic mass is 9.33. The summed E-state index contributed by atoms with van der Waals surface area (Å²) in [4.78, 5) is 49.1. The van der Waals surface area contributed by atoms with Gasteiger partial charge in [0.1, 0.15) is 61.0 Å². The first-order valence-electron chi connectivity index (χ1n) is 29.5. The smallest absolute Gasteiger partial charge is 0.335 e. The SMILES string of the molecule is CC(=O)O[C@@H]1[C@@H](OC(C)=O)[C@H](O[C@@H]2[C@@H](O)[C@H](OC3C(O)C(C)(C)C[C@H]4C5=CC[C@@H]6[C@@]7(C)CC[C@H](O[C@@H]8O[C@H](C(=O)O)[C@@H](O)[C@H](O)[C@H]8O[C@@H]8O[C@H](CO)[C@H](O)[C@H](O)[C@H]8O)[C@](C)(CO)[C@@H]7CC[C@@]6(C)[C@]5(C)CC[C@@]34C)OC[C@@H]2O)OC[C@@H]1OC(C)=O. The third-order valence-electron chi connectivity index (χ3n) is 21.9. The Labute approximate surface area is 487 Å². The lowest BCUT2D eigenvalue weighted by molar-refractivity contribution is -0.375. The average Bonchev–Trinajstić information content (AvgIpc) is 0.687. The van der Waals surface area contributed by atoms with Crippen molar-refractivity contribution in [2.24, 2.45) is 50.2 Å². The van der Waals surface area contributed by atoms with Crippen LogP contribution in [-0.4, -0.2) is 235 Å². The predicted octanol–water partition coefficient (Wildman–Crippen LogP) is -0.537. The van der Waals surface area contributed by atoms with E-state index in [9.17, 15) is 75.3 Å². The van der Waals surface area contributed by atoms with Crippen molar-refractivity contribution >= 4 is 23.9 Å². The van der Waals surface area contributed by atoms with Gasteiger partial charge in [-0.2, -0.15) is 0 Å². The van der Waals surface area contributed by atoms with Gasteiger partial charge in [0.05, 0.1) is 44.7 Å². The maximum Gasteiger partial charge on any atom is 0.335 e. The molecule has 0 aromatic rings. The van der Waals surface area contributed by atoms with Crippen molar-refractivity contribution in [1.82, 2.24) is 0 Å². The van der Waals surface area contributed by atoms with E-state index in [4.69, 9.17) is 52.1 Å². The van der Waals surface area contributed by atoms with Crippen molar-refractivity contribution < 1.29 is 127 Å². The van der Waals surface area contributed by atoms with E-state index in [1.54, 1.807) is 0 Å². The van der Waals surface area contributed by atoms with E-state index in [1.807, 2.05) is 20.8 Å². The molecule has 2 unspecified atom stereocenters. The molecule has 11 N–H and O–H groups in total. The molecule has 0 amide bonds. The summed E-state index contributed by atoms with van der Waals surface area (Å²) < 4.78 is 65.3. The summed E-state index contributed by atoms with van der Waals surface area (Å²) in [7, 11) is 0. The molecule has 5 aliphatic carbocycles. The Hall–Kier alpha value is -3.10. The molecule has 84 heavy (non-hydrogen) atoms. The molecule has 4 saturated heterocycles. The third kappa shape index (κ3) is 11.1. The highest BCUT2D eigenvalue weighted by Gasteiger charge is 2.71. The fourth-order valence-electron chi connectivity index (χ4n) is 17.1. The van der Waals surface area contributed by atoms with Gasteiger partial charge in [-0.15, -0.1) is 0 Å². The zero-order valence-electron chi connectivity index (χ0n) is 49.5. The number of carboxylic acid groups (broad SMARTS) is 1. The maximum atomic E-state index is 12.4. The molecule has 0 radical (unpaired) electrons. The minimum atomic E-state index is -2.05. The average molecular weight is 1200 g/mol. The van der Waals surface area contributed by atoms with E-state index in [-0.39, 0.29) is 48.4 Å². The summed E-state index contributed by atoms with van der Waals surface area (Å²) in [6.07, 6.45) is -25.6. The Bertz CT molecular complexity index is 2440. The summed E-state index contributed by atoms with van der Waals surface area (Å²) in [5.74, 6) is -4.17. The molecular weight excluding hydrogens is 1110 g/mol. The highest BCUT2D eigenvalue weighted by molar-refractivity contribution is 5.73. The van der Waals surface area contributed by atoms with E-state index in [0.29, 0.717) is 44.9 Å². The van der Waals surface area contributed by atoms with Gasteiger partial charge in [-0.05, 0) is 90.8 Å². The highest BCUT2D eigenvalue weighted by Crippen LogP contribution is 2.76. The van der Waals surface area contributed by atoms with Gasteiger partial charge in [-0.3, -0.25) is 14.4 Å². The van der Waals surface area contributed by atoms with Crippen LogP contribution in [0.3, 0.4) is 0 Å². The molecule has 26 heteroatoms. The van der Waals surface area contributed by atoms with Gasteiger partial charge in [0.2, 0.25) is 0 Å². The number of hydrogen-bond acceptors (Lipinski definition) is 25. The molecule has 9 aliphatic rings. The van der Waals surface area contributed by atoms with Crippen LogP contribution >= 0.6 is 0 Å². The first kappa shape index (κ1) is 65.3. The van der Waals surface area contributed by atoms with Crippen LogP contribution in [0.15, 0.2) is 11.6 Å². The van der Waals surface area contributed by atoms with Crippen molar-refractivity contribution in [3.8, 4) is 0 Å². The number of rotatable bonds is 14. The summed E-state index contributed by atoms with van der Waals surface area (Å²) in [5.41, 5.74) is -2.31. The zero-order valence-corrected chi connectivity index (χ0v) is 49.5. The summed E-state index contributed by atoms with van der Waals surface area (Å²) in [6.45, 7) is 16.4. The van der Waals surface area contributed by atoms with Gasteiger partial charge < -0.3 is 108 Å². The van der Waals surface area contributed by atoms with Gasteiger partial charge >= 0.3 is 23.9 Å². The quantitative estimate of drug-likeness (QED) is 0.0450. The molecule has 9 rings (SSSR count). The topological polar surface area (TPSA) is 392 Å². The van der Waals surface area contributed by atoms with Gasteiger partial charge in [0.25, 0.3) is 0 Å². The Morgan fingerprint density at radius 3 is 1.87 bits per heavy atom. The zero-order chi connectivity index (χ0) is 61.7. The minimum Gasteiger partial charge on any atom is -0.479 e. The van der Waals surface area contributed by atoms with Crippen LogP contribution < -0.4 is 0 Å². The Morgan fingerprint density at radius 1 is 0.595 bits per heavy atom. The number of carbonyl (C=O) groups is 4. The van der Waals surface area contributed by atoms with Crippen LogP contribution in [0.2, 0.25) is 0 Å². The van der Waals surface area contributed by atoms with E-state index in [0.717, 1.165) is 27.2 Å². The fraction of sp³-hybridized carbons (Fsp3) is 0.897. The Morgan fingerprint density at radius 2 is 1.24 bits per heavy atom. The molecule has 0 aromatic heterocycles. The number of esters is 3. The standard InChI is InChI=1S/C58H90O26/c1-24(61)76-31-22-75-51(45(78-26(3)63)42(31)77-25(2)62)81-41-29(64)21-74-49(40(41)70)84-47-46(71)53(4,5)19-28-27-11-12-33-55(7)15-14-34(56(8,23-60)32(55)13-16-58(33,10)57(27,9)18-17-54(28,47)6)80-52-44(38(68)37(67)43(82-52)48(72)73)83-50-39(69)36(66)35(65)30(20-59)79-50/h11,28-47,49-52,59-60,64-71H,12-23H2,1-10H3,(H,72,73)/t28-,29-,30+,31-,32+,33+,34-,35-,36-,37-,38-,39+,40+,41-,42-,43-,44+,45+,46?,47?,49-,50-,51-,52+,54+,55-,56+,57+,58+/m0/s1. The van der Waals surface area contributed by atoms with Crippen LogP contribution in [0.1, 0.15) is 121 Å². The number of aliphatic hydroxyl groups excluding tert-OH is 10. The van der Waals surface area contributed by atoms with E-state index >= 15 is 0 Å². The highest BCUT2D eigenvalue weighted by atomic mass is 16.8. The normalized spacial score (nSPS) is 50.9. The number of allylic oxidation sites excluding steroid dienone is 2.